The Morgan fingerprint density at radius 1 is 1.19 bits per heavy atom. The summed E-state index contributed by atoms with van der Waals surface area (Å²) in [7, 11) is 0. The molecule has 4 nitrogen and oxygen atoms in total. The standard InChI is InChI=1S/C22H19N3OS/c1-3-8-18-15(4-2)11-19-22(17(13-23)14-24)27-21(25(18)19)12-20(26)16-9-6-5-7-10-16/h5-7,9-12H,3-4,8H2,1-2H3/b21-12-. The van der Waals surface area contributed by atoms with Crippen molar-refractivity contribution in [3.05, 3.63) is 62.4 Å². The van der Waals surface area contributed by atoms with Crippen molar-refractivity contribution in [2.24, 2.45) is 0 Å². The number of nitrogens with zero attached hydrogens (tertiary/aromatic N) is 3. The van der Waals surface area contributed by atoms with E-state index in [9.17, 15) is 15.3 Å². The Kier molecular flexibility index (Phi) is 5.54. The predicted octanol–water partition coefficient (Wildman–Crippen LogP) is 3.38. The fourth-order valence-electron chi connectivity index (χ4n) is 3.24. The number of aryl methyl sites for hydroxylation is 2. The van der Waals surface area contributed by atoms with E-state index in [1.54, 1.807) is 18.2 Å². The van der Waals surface area contributed by atoms with Gasteiger partial charge in [0.1, 0.15) is 22.4 Å². The molecule has 2 heterocycles. The summed E-state index contributed by atoms with van der Waals surface area (Å²) in [5.74, 6) is -0.0880. The molecule has 27 heavy (non-hydrogen) atoms. The highest BCUT2D eigenvalue weighted by Crippen LogP contribution is 2.17. The number of benzene rings is 1. The minimum absolute atomic E-state index is 0.0833. The number of ketones is 1. The molecular weight excluding hydrogens is 354 g/mol. The number of hydrogen-bond acceptors (Lipinski definition) is 4. The first-order valence-electron chi connectivity index (χ1n) is 8.92. The summed E-state index contributed by atoms with van der Waals surface area (Å²) >= 11 is 1.32. The molecule has 5 heteroatoms. The van der Waals surface area contributed by atoms with Gasteiger partial charge in [-0.05, 0) is 24.5 Å². The molecule has 0 saturated heterocycles. The molecule has 0 amide bonds. The van der Waals surface area contributed by atoms with E-state index in [1.807, 2.05) is 30.3 Å². The maximum absolute atomic E-state index is 12.7. The molecule has 0 atom stereocenters. The lowest BCUT2D eigenvalue weighted by atomic mass is 10.1. The van der Waals surface area contributed by atoms with Crippen molar-refractivity contribution < 1.29 is 4.79 Å². The van der Waals surface area contributed by atoms with E-state index in [4.69, 9.17) is 0 Å². The molecule has 0 spiro atoms. The summed E-state index contributed by atoms with van der Waals surface area (Å²) < 4.78 is 3.43. The van der Waals surface area contributed by atoms with Gasteiger partial charge in [-0.2, -0.15) is 10.5 Å². The molecule has 0 fully saturated rings. The van der Waals surface area contributed by atoms with Crippen LogP contribution in [0.4, 0.5) is 0 Å². The van der Waals surface area contributed by atoms with E-state index in [2.05, 4.69) is 24.3 Å². The molecule has 0 radical (unpaired) electrons. The molecule has 0 bridgehead atoms. The summed E-state index contributed by atoms with van der Waals surface area (Å²) in [6, 6.07) is 15.1. The van der Waals surface area contributed by atoms with Crippen LogP contribution in [0.15, 0.2) is 36.4 Å². The second-order valence-corrected chi connectivity index (χ2v) is 7.21. The van der Waals surface area contributed by atoms with Crippen LogP contribution in [0.5, 0.6) is 0 Å². The van der Waals surface area contributed by atoms with E-state index in [-0.39, 0.29) is 11.4 Å². The summed E-state index contributed by atoms with van der Waals surface area (Å²) in [4.78, 5) is 12.7. The van der Waals surface area contributed by atoms with Gasteiger partial charge < -0.3 is 4.40 Å². The topological polar surface area (TPSA) is 69.1 Å². The van der Waals surface area contributed by atoms with Gasteiger partial charge in [-0.25, -0.2) is 0 Å². The number of thiazole rings is 1. The van der Waals surface area contributed by atoms with Gasteiger partial charge in [-0.1, -0.05) is 50.6 Å². The van der Waals surface area contributed by atoms with Crippen LogP contribution >= 0.6 is 11.3 Å². The van der Waals surface area contributed by atoms with Crippen molar-refractivity contribution in [2.75, 3.05) is 0 Å². The minimum Gasteiger partial charge on any atom is -0.304 e. The molecule has 3 rings (SSSR count). The highest BCUT2D eigenvalue weighted by molar-refractivity contribution is 7.08. The van der Waals surface area contributed by atoms with Gasteiger partial charge in [0.15, 0.2) is 5.78 Å². The number of hydrogen-bond donors (Lipinski definition) is 0. The van der Waals surface area contributed by atoms with Crippen molar-refractivity contribution in [2.45, 2.75) is 33.1 Å². The minimum atomic E-state index is -0.0880. The van der Waals surface area contributed by atoms with Gasteiger partial charge in [-0.15, -0.1) is 11.3 Å². The maximum Gasteiger partial charge on any atom is 0.188 e. The number of carbonyl (C=O) groups is 1. The second-order valence-electron chi connectivity index (χ2n) is 6.18. The molecule has 2 aromatic heterocycles. The lowest BCUT2D eigenvalue weighted by Crippen LogP contribution is -2.12. The average Bonchev–Trinajstić information content (AvgIpc) is 3.22. The Balaban J connectivity index is 2.39. The van der Waals surface area contributed by atoms with Crippen LogP contribution in [0.1, 0.15) is 41.9 Å². The van der Waals surface area contributed by atoms with Gasteiger partial charge in [-0.3, -0.25) is 4.79 Å². The first-order chi connectivity index (χ1) is 13.1. The smallest absolute Gasteiger partial charge is 0.188 e. The van der Waals surface area contributed by atoms with Crippen molar-refractivity contribution in [3.63, 3.8) is 0 Å². The normalized spacial score (nSPS) is 11.3. The van der Waals surface area contributed by atoms with Crippen molar-refractivity contribution in [3.8, 4) is 12.1 Å². The lowest BCUT2D eigenvalue weighted by Gasteiger charge is -2.02. The highest BCUT2D eigenvalue weighted by Gasteiger charge is 2.15. The molecular formula is C22H19N3OS. The molecule has 3 aromatic rings. The monoisotopic (exact) mass is 373 g/mol. The zero-order valence-corrected chi connectivity index (χ0v) is 16.1. The molecule has 0 aliphatic carbocycles. The molecule has 0 N–H and O–H groups in total. The van der Waals surface area contributed by atoms with Crippen LogP contribution < -0.4 is 9.20 Å². The van der Waals surface area contributed by atoms with Crippen molar-refractivity contribution >= 4 is 34.3 Å². The van der Waals surface area contributed by atoms with Gasteiger partial charge in [0, 0.05) is 17.3 Å². The molecule has 1 aromatic carbocycles. The van der Waals surface area contributed by atoms with Crippen molar-refractivity contribution in [1.82, 2.24) is 4.40 Å². The van der Waals surface area contributed by atoms with E-state index >= 15 is 0 Å². The van der Waals surface area contributed by atoms with Crippen LogP contribution in [0.3, 0.4) is 0 Å². The van der Waals surface area contributed by atoms with Crippen LogP contribution in [0.25, 0.3) is 17.2 Å². The average molecular weight is 373 g/mol. The first-order valence-corrected chi connectivity index (χ1v) is 9.73. The van der Waals surface area contributed by atoms with Crippen LogP contribution in [-0.4, -0.2) is 10.2 Å². The third kappa shape index (κ3) is 3.43. The van der Waals surface area contributed by atoms with Gasteiger partial charge in [0.05, 0.1) is 10.0 Å². The highest BCUT2D eigenvalue weighted by atomic mass is 32.1. The number of nitriles is 2. The number of rotatable bonds is 5. The molecule has 0 aliphatic heterocycles. The zero-order chi connectivity index (χ0) is 19.4. The summed E-state index contributed by atoms with van der Waals surface area (Å²) in [6.07, 6.45) is 4.33. The maximum atomic E-state index is 12.7. The number of carbonyl (C=O) groups excluding carboxylic acids is 1. The SMILES string of the molecule is CCCc1c(CC)cc2c(=C(C#N)C#N)s/c(=C\C(=O)c3ccccc3)n12. The Morgan fingerprint density at radius 3 is 2.48 bits per heavy atom. The quantitative estimate of drug-likeness (QED) is 0.644. The summed E-state index contributed by atoms with van der Waals surface area (Å²) in [5.41, 5.74) is 3.88. The molecule has 0 saturated carbocycles. The van der Waals surface area contributed by atoms with Crippen LogP contribution in [-0.2, 0) is 12.8 Å². The van der Waals surface area contributed by atoms with E-state index in [0.29, 0.717) is 10.1 Å². The van der Waals surface area contributed by atoms with E-state index in [0.717, 1.165) is 35.1 Å². The summed E-state index contributed by atoms with van der Waals surface area (Å²) in [6.45, 7) is 4.21. The Labute approximate surface area is 161 Å². The molecule has 134 valence electrons. The van der Waals surface area contributed by atoms with E-state index in [1.165, 1.54) is 16.9 Å². The number of aromatic nitrogens is 1. The van der Waals surface area contributed by atoms with Gasteiger partial charge in [0.25, 0.3) is 0 Å². The predicted molar refractivity (Wildman–Crippen MR) is 108 cm³/mol. The fraction of sp³-hybridized carbons (Fsp3) is 0.227. The zero-order valence-electron chi connectivity index (χ0n) is 15.3. The van der Waals surface area contributed by atoms with Crippen molar-refractivity contribution in [1.29, 1.82) is 10.5 Å². The second kappa shape index (κ2) is 8.03. The van der Waals surface area contributed by atoms with Crippen LogP contribution in [0, 0.1) is 22.7 Å². The third-order valence-corrected chi connectivity index (χ3v) is 5.61. The number of Topliss-reactive ketones (excluding diaryl/α,β-unsaturated/α-hetero) is 1. The third-order valence-electron chi connectivity index (χ3n) is 4.48. The Hall–Kier alpha value is -3.15. The van der Waals surface area contributed by atoms with Gasteiger partial charge in [0.2, 0.25) is 0 Å². The van der Waals surface area contributed by atoms with Crippen LogP contribution in [0.2, 0.25) is 0 Å². The van der Waals surface area contributed by atoms with Gasteiger partial charge >= 0.3 is 0 Å². The first kappa shape index (κ1) is 18.6. The number of fused-ring (bicyclic) bond motifs is 1. The fourth-order valence-corrected chi connectivity index (χ4v) is 4.36. The Morgan fingerprint density at radius 2 is 1.89 bits per heavy atom. The molecule has 0 aliphatic rings. The largest absolute Gasteiger partial charge is 0.304 e. The Bertz CT molecular complexity index is 1180. The van der Waals surface area contributed by atoms with E-state index < -0.39 is 0 Å². The molecule has 0 unspecified atom stereocenters. The summed E-state index contributed by atoms with van der Waals surface area (Å²) in [5, 5.41) is 18.7. The lowest BCUT2D eigenvalue weighted by molar-refractivity contribution is 0.106.